The smallest absolute Gasteiger partial charge is 0.0603 e. The molecule has 0 atom stereocenters. The van der Waals surface area contributed by atoms with Crippen LogP contribution >= 0.6 is 0 Å². The molecular weight excluding hydrogens is 258 g/mol. The number of likely N-dealkylation sites (tertiary alicyclic amines) is 1. The van der Waals surface area contributed by atoms with Gasteiger partial charge in [-0.05, 0) is 64.2 Å². The van der Waals surface area contributed by atoms with Gasteiger partial charge in [-0.1, -0.05) is 27.7 Å². The van der Waals surface area contributed by atoms with E-state index in [1.54, 1.807) is 0 Å². The molecule has 0 aromatic heterocycles. The summed E-state index contributed by atoms with van der Waals surface area (Å²) in [6, 6.07) is 0.697. The Labute approximate surface area is 133 Å². The van der Waals surface area contributed by atoms with E-state index in [1.165, 1.54) is 51.6 Å². The monoisotopic (exact) mass is 297 g/mol. The van der Waals surface area contributed by atoms with E-state index in [1.807, 2.05) is 13.8 Å². The predicted molar refractivity (Wildman–Crippen MR) is 92.7 cm³/mol. The lowest BCUT2D eigenvalue weighted by Crippen LogP contribution is -2.42. The molecular formula is C19H39NO. The van der Waals surface area contributed by atoms with E-state index in [-0.39, 0.29) is 0 Å². The van der Waals surface area contributed by atoms with Gasteiger partial charge in [0.2, 0.25) is 0 Å². The molecule has 21 heavy (non-hydrogen) atoms. The second-order valence-corrected chi connectivity index (χ2v) is 7.25. The van der Waals surface area contributed by atoms with Gasteiger partial charge in [0.05, 0.1) is 12.2 Å². The molecule has 0 aromatic carbocycles. The van der Waals surface area contributed by atoms with Crippen molar-refractivity contribution in [2.45, 2.75) is 98.3 Å². The van der Waals surface area contributed by atoms with Crippen molar-refractivity contribution in [2.24, 2.45) is 11.8 Å². The first-order valence-corrected chi connectivity index (χ1v) is 9.45. The van der Waals surface area contributed by atoms with Crippen molar-refractivity contribution >= 4 is 0 Å². The number of nitrogens with zero attached hydrogens (tertiary/aromatic N) is 1. The summed E-state index contributed by atoms with van der Waals surface area (Å²) < 4.78 is 6.36. The van der Waals surface area contributed by atoms with Crippen molar-refractivity contribution in [1.29, 1.82) is 0 Å². The zero-order valence-corrected chi connectivity index (χ0v) is 15.4. The summed E-state index contributed by atoms with van der Waals surface area (Å²) in [4.78, 5) is 2.58. The number of rotatable bonds is 4. The summed E-state index contributed by atoms with van der Waals surface area (Å²) in [6.07, 6.45) is 8.94. The third-order valence-corrected chi connectivity index (χ3v) is 5.25. The highest BCUT2D eigenvalue weighted by Gasteiger charge is 2.27. The average molecular weight is 298 g/mol. The highest BCUT2D eigenvalue weighted by Crippen LogP contribution is 2.32. The van der Waals surface area contributed by atoms with Crippen LogP contribution in [-0.4, -0.2) is 36.2 Å². The van der Waals surface area contributed by atoms with Gasteiger partial charge in [0.25, 0.3) is 0 Å². The van der Waals surface area contributed by atoms with E-state index in [0.29, 0.717) is 18.2 Å². The molecule has 2 rings (SSSR count). The fourth-order valence-electron chi connectivity index (χ4n) is 3.69. The minimum atomic E-state index is 0.538. The lowest BCUT2D eigenvalue weighted by atomic mass is 9.80. The molecule has 1 heterocycles. The summed E-state index contributed by atoms with van der Waals surface area (Å²) in [5.41, 5.74) is 0. The lowest BCUT2D eigenvalue weighted by Gasteiger charge is -2.38. The second kappa shape index (κ2) is 9.84. The first kappa shape index (κ1) is 19.0. The van der Waals surface area contributed by atoms with Gasteiger partial charge in [-0.2, -0.15) is 0 Å². The Morgan fingerprint density at radius 2 is 1.24 bits per heavy atom. The van der Waals surface area contributed by atoms with Crippen molar-refractivity contribution in [3.8, 4) is 0 Å². The van der Waals surface area contributed by atoms with Crippen molar-refractivity contribution in [1.82, 2.24) is 4.90 Å². The maximum Gasteiger partial charge on any atom is 0.0603 e. The molecule has 2 nitrogen and oxygen atoms in total. The minimum Gasteiger partial charge on any atom is -0.375 e. The van der Waals surface area contributed by atoms with Crippen LogP contribution in [0.4, 0.5) is 0 Å². The Bertz CT molecular complexity index is 222. The molecule has 2 fully saturated rings. The van der Waals surface area contributed by atoms with Crippen LogP contribution in [0.2, 0.25) is 0 Å². The zero-order chi connectivity index (χ0) is 15.8. The van der Waals surface area contributed by atoms with Gasteiger partial charge in [0.1, 0.15) is 0 Å². The molecule has 0 spiro atoms. The molecule has 1 aliphatic carbocycles. The van der Waals surface area contributed by atoms with Crippen LogP contribution in [0.25, 0.3) is 0 Å². The quantitative estimate of drug-likeness (QED) is 0.714. The largest absolute Gasteiger partial charge is 0.375 e. The predicted octanol–water partition coefficient (Wildman–Crippen LogP) is 5.12. The minimum absolute atomic E-state index is 0.538. The molecule has 0 radical (unpaired) electrons. The molecule has 0 unspecified atom stereocenters. The van der Waals surface area contributed by atoms with E-state index >= 15 is 0 Å². The lowest BCUT2D eigenvalue weighted by molar-refractivity contribution is -0.0655. The van der Waals surface area contributed by atoms with Gasteiger partial charge < -0.3 is 9.64 Å². The van der Waals surface area contributed by atoms with Crippen LogP contribution in [0.15, 0.2) is 0 Å². The maximum absolute atomic E-state index is 6.36. The molecule has 1 saturated carbocycles. The Balaban J connectivity index is 0.00000106. The van der Waals surface area contributed by atoms with Gasteiger partial charge in [-0.3, -0.25) is 0 Å². The van der Waals surface area contributed by atoms with Gasteiger partial charge in [0, 0.05) is 19.1 Å². The van der Waals surface area contributed by atoms with E-state index < -0.39 is 0 Å². The number of hydrogen-bond donors (Lipinski definition) is 0. The summed E-state index contributed by atoms with van der Waals surface area (Å²) in [5, 5.41) is 0. The maximum atomic E-state index is 6.36. The fraction of sp³-hybridized carbons (Fsp3) is 1.00. The van der Waals surface area contributed by atoms with Crippen molar-refractivity contribution < 1.29 is 4.74 Å². The van der Waals surface area contributed by atoms with Crippen LogP contribution < -0.4 is 0 Å². The van der Waals surface area contributed by atoms with Crippen molar-refractivity contribution in [3.05, 3.63) is 0 Å². The van der Waals surface area contributed by atoms with E-state index in [0.717, 1.165) is 11.8 Å². The Morgan fingerprint density at radius 1 is 0.762 bits per heavy atom. The van der Waals surface area contributed by atoms with Gasteiger partial charge in [-0.25, -0.2) is 0 Å². The standard InChI is InChI=1S/C17H33NO.C2H6/c1-13(2)15-5-7-16(8-6-15)19-17-9-11-18(12-10-17)14(3)4;1-2/h13-17H,5-12H2,1-4H3;1-2H3. The summed E-state index contributed by atoms with van der Waals surface area (Å²) >= 11 is 0. The normalized spacial score (nSPS) is 28.6. The third-order valence-electron chi connectivity index (χ3n) is 5.25. The molecule has 0 amide bonds. The number of piperidine rings is 1. The van der Waals surface area contributed by atoms with Crippen LogP contribution in [-0.2, 0) is 4.74 Å². The second-order valence-electron chi connectivity index (χ2n) is 7.25. The summed E-state index contributed by atoms with van der Waals surface area (Å²) in [6.45, 7) is 15.8. The third kappa shape index (κ3) is 6.28. The van der Waals surface area contributed by atoms with Crippen LogP contribution in [0.5, 0.6) is 0 Å². The summed E-state index contributed by atoms with van der Waals surface area (Å²) in [5.74, 6) is 1.80. The van der Waals surface area contributed by atoms with Gasteiger partial charge >= 0.3 is 0 Å². The van der Waals surface area contributed by atoms with E-state index in [2.05, 4.69) is 32.6 Å². The molecule has 126 valence electrons. The zero-order valence-electron chi connectivity index (χ0n) is 15.4. The molecule has 0 N–H and O–H groups in total. The van der Waals surface area contributed by atoms with Crippen LogP contribution in [0, 0.1) is 11.8 Å². The number of ether oxygens (including phenoxy) is 1. The van der Waals surface area contributed by atoms with Crippen molar-refractivity contribution in [2.75, 3.05) is 13.1 Å². The molecule has 2 aliphatic rings. The van der Waals surface area contributed by atoms with E-state index in [9.17, 15) is 0 Å². The molecule has 0 bridgehead atoms. The van der Waals surface area contributed by atoms with Crippen LogP contribution in [0.1, 0.15) is 80.1 Å². The van der Waals surface area contributed by atoms with Gasteiger partial charge in [0.15, 0.2) is 0 Å². The number of hydrogen-bond acceptors (Lipinski definition) is 2. The van der Waals surface area contributed by atoms with Gasteiger partial charge in [-0.15, -0.1) is 0 Å². The topological polar surface area (TPSA) is 12.5 Å². The first-order chi connectivity index (χ1) is 10.1. The Kier molecular flexibility index (Phi) is 8.89. The van der Waals surface area contributed by atoms with Crippen molar-refractivity contribution in [3.63, 3.8) is 0 Å². The molecule has 1 saturated heterocycles. The fourth-order valence-corrected chi connectivity index (χ4v) is 3.69. The Morgan fingerprint density at radius 3 is 1.67 bits per heavy atom. The molecule has 2 heteroatoms. The van der Waals surface area contributed by atoms with E-state index in [4.69, 9.17) is 4.74 Å². The molecule has 0 aromatic rings. The summed E-state index contributed by atoms with van der Waals surface area (Å²) in [7, 11) is 0. The first-order valence-electron chi connectivity index (χ1n) is 9.45. The highest BCUT2D eigenvalue weighted by molar-refractivity contribution is 4.79. The molecule has 1 aliphatic heterocycles. The van der Waals surface area contributed by atoms with Crippen LogP contribution in [0.3, 0.4) is 0 Å². The SMILES string of the molecule is CC.CC(C)C1CCC(OC2CCN(C(C)C)CC2)CC1. The highest BCUT2D eigenvalue weighted by atomic mass is 16.5. The average Bonchev–Trinajstić information content (AvgIpc) is 2.50. The Hall–Kier alpha value is -0.0800.